The van der Waals surface area contributed by atoms with Gasteiger partial charge in [-0.1, -0.05) is 36.4 Å². The Morgan fingerprint density at radius 3 is 2.81 bits per heavy atom. The lowest BCUT2D eigenvalue weighted by Crippen LogP contribution is -2.49. The number of rotatable bonds is 7. The van der Waals surface area contributed by atoms with Crippen molar-refractivity contribution in [1.29, 1.82) is 0 Å². The largest absolute Gasteiger partial charge is 0.489 e. The van der Waals surface area contributed by atoms with Gasteiger partial charge in [-0.05, 0) is 37.0 Å². The molecule has 3 atom stereocenters. The van der Waals surface area contributed by atoms with Crippen LogP contribution in [0.4, 0.5) is 19.7 Å². The zero-order valence-corrected chi connectivity index (χ0v) is 20.5. The van der Waals surface area contributed by atoms with Gasteiger partial charge in [0.2, 0.25) is 5.91 Å². The van der Waals surface area contributed by atoms with Crippen LogP contribution in [0.25, 0.3) is 10.9 Å². The van der Waals surface area contributed by atoms with Crippen LogP contribution in [0.5, 0.6) is 5.75 Å². The molecule has 5 rings (SSSR count). The molecule has 37 heavy (non-hydrogen) atoms. The van der Waals surface area contributed by atoms with Crippen LogP contribution in [0.3, 0.4) is 0 Å². The third-order valence-electron chi connectivity index (χ3n) is 6.75. The molecule has 1 saturated heterocycles. The smallest absolute Gasteiger partial charge is 0.323 e. The van der Waals surface area contributed by atoms with E-state index in [1.807, 2.05) is 0 Å². The number of anilines is 1. The molecule has 4 amide bonds. The Labute approximate surface area is 217 Å². The number of urea groups is 1. The van der Waals surface area contributed by atoms with Crippen molar-refractivity contribution in [2.45, 2.75) is 31.5 Å². The maximum atomic E-state index is 14.2. The summed E-state index contributed by atoms with van der Waals surface area (Å²) >= 11 is 5.83. The quantitative estimate of drug-likeness (QED) is 0.400. The summed E-state index contributed by atoms with van der Waals surface area (Å²) in [6.45, 7) is 3.86. The number of nitrogens with zero attached hydrogens (tertiary/aromatic N) is 2. The molecular formula is C26H25ClFN5O4. The average molecular weight is 526 g/mol. The summed E-state index contributed by atoms with van der Waals surface area (Å²) in [4.78, 5) is 39.9. The highest BCUT2D eigenvalue weighted by atomic mass is 35.5. The second kappa shape index (κ2) is 9.78. The van der Waals surface area contributed by atoms with Gasteiger partial charge in [0.15, 0.2) is 0 Å². The molecule has 1 unspecified atom stereocenters. The number of carbonyl (C=O) groups excluding carboxylic acids is 3. The minimum absolute atomic E-state index is 0.0237. The zero-order valence-electron chi connectivity index (χ0n) is 19.7. The van der Waals surface area contributed by atoms with Crippen molar-refractivity contribution >= 4 is 46.2 Å². The van der Waals surface area contributed by atoms with E-state index in [9.17, 15) is 18.8 Å². The van der Waals surface area contributed by atoms with Crippen LogP contribution in [0.2, 0.25) is 5.02 Å². The normalized spacial score (nSPS) is 19.8. The lowest BCUT2D eigenvalue weighted by Gasteiger charge is -2.27. The van der Waals surface area contributed by atoms with Gasteiger partial charge in [-0.2, -0.15) is 0 Å². The maximum absolute atomic E-state index is 14.2. The number of fused-ring (bicyclic) bond motifs is 2. The fourth-order valence-corrected chi connectivity index (χ4v) is 5.08. The second-order valence-corrected chi connectivity index (χ2v) is 9.52. The summed E-state index contributed by atoms with van der Waals surface area (Å²) in [5, 5.41) is 6.13. The number of carbonyl (C=O) groups is 3. The first-order valence-electron chi connectivity index (χ1n) is 11.8. The first-order valence-corrected chi connectivity index (χ1v) is 12.1. The summed E-state index contributed by atoms with van der Waals surface area (Å²) in [6, 6.07) is 7.72. The van der Waals surface area contributed by atoms with Crippen LogP contribution in [-0.2, 0) is 11.3 Å². The summed E-state index contributed by atoms with van der Waals surface area (Å²) in [5.41, 5.74) is 6.64. The minimum Gasteiger partial charge on any atom is -0.489 e. The highest BCUT2D eigenvalue weighted by Gasteiger charge is 2.56. The van der Waals surface area contributed by atoms with Gasteiger partial charge < -0.3 is 26.0 Å². The van der Waals surface area contributed by atoms with E-state index in [0.717, 1.165) is 6.42 Å². The maximum Gasteiger partial charge on any atom is 0.323 e. The van der Waals surface area contributed by atoms with Gasteiger partial charge in [0.25, 0.3) is 0 Å². The van der Waals surface area contributed by atoms with Crippen LogP contribution < -0.4 is 21.1 Å². The first-order chi connectivity index (χ1) is 17.8. The molecule has 3 aromatic rings. The SMILES string of the molecule is C=CCOc1ccc2c(NC(=O)N3C4C[C@@H]4C[C@H]3C(=O)NCc3cccc(Cl)c3F)cn(C(N)=O)c2c1. The molecule has 0 spiro atoms. The Morgan fingerprint density at radius 1 is 1.24 bits per heavy atom. The Balaban J connectivity index is 1.33. The van der Waals surface area contributed by atoms with E-state index in [4.69, 9.17) is 22.1 Å². The molecule has 1 aliphatic carbocycles. The molecule has 2 fully saturated rings. The summed E-state index contributed by atoms with van der Waals surface area (Å²) in [5.74, 6) is -0.206. The van der Waals surface area contributed by atoms with Gasteiger partial charge in [-0.15, -0.1) is 0 Å². The molecule has 9 nitrogen and oxygen atoms in total. The summed E-state index contributed by atoms with van der Waals surface area (Å²) < 4.78 is 21.0. The molecule has 1 saturated carbocycles. The number of hydrogen-bond donors (Lipinski definition) is 3. The van der Waals surface area contributed by atoms with Crippen molar-refractivity contribution in [2.75, 3.05) is 11.9 Å². The van der Waals surface area contributed by atoms with Crippen LogP contribution in [0.1, 0.15) is 18.4 Å². The average Bonchev–Trinajstić information content (AvgIpc) is 3.39. The van der Waals surface area contributed by atoms with Crippen molar-refractivity contribution in [3.8, 4) is 5.75 Å². The number of likely N-dealkylation sites (tertiary alicyclic amines) is 1. The van der Waals surface area contributed by atoms with Gasteiger partial charge in [0.05, 0.1) is 16.2 Å². The molecule has 1 aliphatic heterocycles. The number of halogens is 2. The lowest BCUT2D eigenvalue weighted by atomic mass is 10.1. The van der Waals surface area contributed by atoms with Crippen molar-refractivity contribution in [3.63, 3.8) is 0 Å². The molecule has 192 valence electrons. The molecule has 2 aliphatic rings. The van der Waals surface area contributed by atoms with E-state index in [1.165, 1.54) is 21.7 Å². The standard InChI is InChI=1S/C26H25ClFN5O4/c1-2-8-37-16-6-7-17-19(13-32(25(29)35)21(17)11-16)31-26(36)33-20-9-15(20)10-22(33)24(34)30-12-14-4-3-5-18(27)23(14)28/h2-7,11,13,15,20,22H,1,8-10,12H2,(H2,29,35)(H,30,34)(H,31,36)/t15-,20?,22+/m1/s1. The van der Waals surface area contributed by atoms with Gasteiger partial charge in [0, 0.05) is 35.8 Å². The highest BCUT2D eigenvalue weighted by Crippen LogP contribution is 2.48. The first kappa shape index (κ1) is 24.6. The zero-order chi connectivity index (χ0) is 26.3. The fraction of sp³-hybridized carbons (Fsp3) is 0.269. The molecule has 2 aromatic carbocycles. The van der Waals surface area contributed by atoms with Gasteiger partial charge >= 0.3 is 12.1 Å². The number of aromatic nitrogens is 1. The van der Waals surface area contributed by atoms with Crippen molar-refractivity contribution in [1.82, 2.24) is 14.8 Å². The van der Waals surface area contributed by atoms with Crippen LogP contribution >= 0.6 is 11.6 Å². The van der Waals surface area contributed by atoms with Crippen molar-refractivity contribution < 1.29 is 23.5 Å². The summed E-state index contributed by atoms with van der Waals surface area (Å²) in [7, 11) is 0. The Kier molecular flexibility index (Phi) is 6.51. The monoisotopic (exact) mass is 525 g/mol. The fourth-order valence-electron chi connectivity index (χ4n) is 4.88. The molecule has 11 heteroatoms. The molecular weight excluding hydrogens is 501 g/mol. The number of nitrogens with two attached hydrogens (primary N) is 1. The van der Waals surface area contributed by atoms with Gasteiger partial charge in [-0.25, -0.2) is 14.0 Å². The lowest BCUT2D eigenvalue weighted by molar-refractivity contribution is -0.125. The van der Waals surface area contributed by atoms with E-state index in [1.54, 1.807) is 36.4 Å². The number of nitrogens with one attached hydrogen (secondary N) is 2. The van der Waals surface area contributed by atoms with E-state index in [-0.39, 0.29) is 41.6 Å². The number of piperidine rings is 1. The number of amides is 4. The number of hydrogen-bond acceptors (Lipinski definition) is 4. The van der Waals surface area contributed by atoms with E-state index in [0.29, 0.717) is 28.8 Å². The van der Waals surface area contributed by atoms with Gasteiger partial charge in [-0.3, -0.25) is 9.36 Å². The highest BCUT2D eigenvalue weighted by molar-refractivity contribution is 6.30. The van der Waals surface area contributed by atoms with Crippen LogP contribution in [-0.4, -0.2) is 46.1 Å². The van der Waals surface area contributed by atoms with Gasteiger partial charge in [0.1, 0.15) is 24.2 Å². The Morgan fingerprint density at radius 2 is 2.05 bits per heavy atom. The molecule has 4 N–H and O–H groups in total. The minimum atomic E-state index is -0.722. The van der Waals surface area contributed by atoms with Crippen molar-refractivity contribution in [2.24, 2.45) is 11.7 Å². The molecule has 0 radical (unpaired) electrons. The summed E-state index contributed by atoms with van der Waals surface area (Å²) in [6.07, 6.45) is 4.38. The van der Waals surface area contributed by atoms with Crippen LogP contribution in [0.15, 0.2) is 55.3 Å². The second-order valence-electron chi connectivity index (χ2n) is 9.11. The molecule has 0 bridgehead atoms. The number of benzene rings is 2. The molecule has 2 heterocycles. The number of primary amides is 1. The van der Waals surface area contributed by atoms with E-state index >= 15 is 0 Å². The third kappa shape index (κ3) is 4.72. The Bertz CT molecular complexity index is 1420. The predicted octanol–water partition coefficient (Wildman–Crippen LogP) is 4.24. The predicted molar refractivity (Wildman–Crippen MR) is 137 cm³/mol. The topological polar surface area (TPSA) is 119 Å². The number of ether oxygens (including phenoxy) is 1. The van der Waals surface area contributed by atoms with E-state index in [2.05, 4.69) is 17.2 Å². The van der Waals surface area contributed by atoms with Crippen LogP contribution in [0, 0.1) is 11.7 Å². The third-order valence-corrected chi connectivity index (χ3v) is 7.04. The van der Waals surface area contributed by atoms with E-state index < -0.39 is 23.9 Å². The Hall–Kier alpha value is -4.05. The molecule has 1 aromatic heterocycles. The van der Waals surface area contributed by atoms with Crippen molar-refractivity contribution in [3.05, 3.63) is 71.7 Å².